The Morgan fingerprint density at radius 1 is 1.06 bits per heavy atom. The second kappa shape index (κ2) is 4.48. The third-order valence-electron chi connectivity index (χ3n) is 3.63. The molecule has 0 atom stereocenters. The molecular weight excluding hydrogens is 228 g/mol. The van der Waals surface area contributed by atoms with Crippen LogP contribution in [-0.2, 0) is 9.53 Å². The standard InChI is InChI=1S/C15H16O3/c16-14-11-13(17-12-7-3-1-4-8-12)15(18-14)9-5-2-6-10-15/h1,3-4,7-8,11H,2,5-6,9-10H2. The second-order valence-electron chi connectivity index (χ2n) is 4.90. The Labute approximate surface area is 106 Å². The number of carbonyl (C=O) groups excluding carboxylic acids is 1. The largest absolute Gasteiger partial charge is 0.457 e. The fourth-order valence-electron chi connectivity index (χ4n) is 2.72. The van der Waals surface area contributed by atoms with Gasteiger partial charge in [-0.25, -0.2) is 4.79 Å². The van der Waals surface area contributed by atoms with E-state index in [2.05, 4.69) is 0 Å². The number of esters is 1. The molecule has 18 heavy (non-hydrogen) atoms. The summed E-state index contributed by atoms with van der Waals surface area (Å²) in [5.74, 6) is 1.16. The number of ether oxygens (including phenoxy) is 2. The van der Waals surface area contributed by atoms with Gasteiger partial charge in [0.05, 0.1) is 6.08 Å². The van der Waals surface area contributed by atoms with Crippen molar-refractivity contribution in [2.24, 2.45) is 0 Å². The predicted molar refractivity (Wildman–Crippen MR) is 67.1 cm³/mol. The fourth-order valence-corrected chi connectivity index (χ4v) is 2.72. The van der Waals surface area contributed by atoms with Gasteiger partial charge in [-0.1, -0.05) is 24.6 Å². The highest BCUT2D eigenvalue weighted by molar-refractivity contribution is 5.86. The van der Waals surface area contributed by atoms with Gasteiger partial charge < -0.3 is 9.47 Å². The Morgan fingerprint density at radius 3 is 2.50 bits per heavy atom. The lowest BCUT2D eigenvalue weighted by molar-refractivity contribution is -0.149. The molecule has 1 aliphatic heterocycles. The number of rotatable bonds is 2. The van der Waals surface area contributed by atoms with Crippen molar-refractivity contribution >= 4 is 5.97 Å². The Kier molecular flexibility index (Phi) is 2.82. The number of para-hydroxylation sites is 1. The van der Waals surface area contributed by atoms with Crippen molar-refractivity contribution in [1.82, 2.24) is 0 Å². The van der Waals surface area contributed by atoms with Crippen LogP contribution in [-0.4, -0.2) is 11.6 Å². The topological polar surface area (TPSA) is 35.5 Å². The van der Waals surface area contributed by atoms with Crippen LogP contribution in [0.25, 0.3) is 0 Å². The van der Waals surface area contributed by atoms with E-state index in [9.17, 15) is 4.79 Å². The van der Waals surface area contributed by atoms with Crippen molar-refractivity contribution in [2.45, 2.75) is 37.7 Å². The Morgan fingerprint density at radius 2 is 1.78 bits per heavy atom. The maximum atomic E-state index is 11.5. The van der Waals surface area contributed by atoms with Gasteiger partial charge in [-0.2, -0.15) is 0 Å². The summed E-state index contributed by atoms with van der Waals surface area (Å²) in [6.07, 6.45) is 6.62. The summed E-state index contributed by atoms with van der Waals surface area (Å²) in [4.78, 5) is 11.5. The van der Waals surface area contributed by atoms with E-state index in [4.69, 9.17) is 9.47 Å². The zero-order chi connectivity index (χ0) is 12.4. The summed E-state index contributed by atoms with van der Waals surface area (Å²) in [6.45, 7) is 0. The normalized spacial score (nSPS) is 21.6. The van der Waals surface area contributed by atoms with E-state index in [1.54, 1.807) is 0 Å². The van der Waals surface area contributed by atoms with Crippen molar-refractivity contribution < 1.29 is 14.3 Å². The molecule has 1 saturated carbocycles. The molecule has 0 radical (unpaired) electrons. The first kappa shape index (κ1) is 11.3. The lowest BCUT2D eigenvalue weighted by atomic mass is 9.84. The van der Waals surface area contributed by atoms with Crippen molar-refractivity contribution in [3.8, 4) is 5.75 Å². The van der Waals surface area contributed by atoms with Crippen LogP contribution in [0.3, 0.4) is 0 Å². The molecule has 94 valence electrons. The van der Waals surface area contributed by atoms with Gasteiger partial charge in [0, 0.05) is 0 Å². The van der Waals surface area contributed by atoms with Gasteiger partial charge in [-0.3, -0.25) is 0 Å². The van der Waals surface area contributed by atoms with Crippen LogP contribution >= 0.6 is 0 Å². The fraction of sp³-hybridized carbons (Fsp3) is 0.400. The van der Waals surface area contributed by atoms with Gasteiger partial charge in [-0.05, 0) is 37.8 Å². The van der Waals surface area contributed by atoms with Crippen molar-refractivity contribution in [3.63, 3.8) is 0 Å². The van der Waals surface area contributed by atoms with E-state index in [1.807, 2.05) is 30.3 Å². The van der Waals surface area contributed by atoms with E-state index >= 15 is 0 Å². The molecule has 1 aliphatic carbocycles. The highest BCUT2D eigenvalue weighted by Crippen LogP contribution is 2.41. The number of hydrogen-bond acceptors (Lipinski definition) is 3. The molecule has 1 fully saturated rings. The van der Waals surface area contributed by atoms with E-state index < -0.39 is 5.60 Å². The summed E-state index contributed by atoms with van der Waals surface area (Å²) >= 11 is 0. The highest BCUT2D eigenvalue weighted by atomic mass is 16.6. The number of carbonyl (C=O) groups is 1. The summed E-state index contributed by atoms with van der Waals surface area (Å²) in [5.41, 5.74) is -0.495. The lowest BCUT2D eigenvalue weighted by Gasteiger charge is -2.33. The molecule has 0 bridgehead atoms. The predicted octanol–water partition coefficient (Wildman–Crippen LogP) is 3.21. The van der Waals surface area contributed by atoms with Gasteiger partial charge in [-0.15, -0.1) is 0 Å². The molecule has 1 spiro atoms. The van der Waals surface area contributed by atoms with Crippen LogP contribution in [0, 0.1) is 0 Å². The number of benzene rings is 1. The van der Waals surface area contributed by atoms with Crippen LogP contribution in [0.4, 0.5) is 0 Å². The second-order valence-corrected chi connectivity index (χ2v) is 4.90. The minimum Gasteiger partial charge on any atom is -0.457 e. The minimum atomic E-state index is -0.495. The molecule has 2 aliphatic rings. The van der Waals surface area contributed by atoms with Gasteiger partial charge >= 0.3 is 5.97 Å². The summed E-state index contributed by atoms with van der Waals surface area (Å²) in [5, 5.41) is 0. The maximum absolute atomic E-state index is 11.5. The first-order chi connectivity index (χ1) is 8.78. The molecule has 0 aromatic heterocycles. The van der Waals surface area contributed by atoms with Gasteiger partial charge in [0.1, 0.15) is 5.75 Å². The molecular formula is C15H16O3. The van der Waals surface area contributed by atoms with Crippen LogP contribution in [0.15, 0.2) is 42.2 Å². The molecule has 3 nitrogen and oxygen atoms in total. The van der Waals surface area contributed by atoms with Crippen LogP contribution in [0.5, 0.6) is 5.75 Å². The van der Waals surface area contributed by atoms with Gasteiger partial charge in [0.2, 0.25) is 0 Å². The Hall–Kier alpha value is -1.77. The average molecular weight is 244 g/mol. The van der Waals surface area contributed by atoms with Crippen molar-refractivity contribution in [3.05, 3.63) is 42.2 Å². The smallest absolute Gasteiger partial charge is 0.335 e. The average Bonchev–Trinajstić information content (AvgIpc) is 2.67. The van der Waals surface area contributed by atoms with Crippen LogP contribution < -0.4 is 4.74 Å². The Balaban J connectivity index is 1.84. The van der Waals surface area contributed by atoms with Gasteiger partial charge in [0.15, 0.2) is 11.4 Å². The van der Waals surface area contributed by atoms with Crippen molar-refractivity contribution in [2.75, 3.05) is 0 Å². The number of hydrogen-bond donors (Lipinski definition) is 0. The SMILES string of the molecule is O=C1C=C(Oc2ccccc2)C2(CCCCC2)O1. The van der Waals surface area contributed by atoms with E-state index in [1.165, 1.54) is 12.5 Å². The minimum absolute atomic E-state index is 0.275. The highest BCUT2D eigenvalue weighted by Gasteiger charge is 2.45. The van der Waals surface area contributed by atoms with Crippen LogP contribution in [0.2, 0.25) is 0 Å². The first-order valence-electron chi connectivity index (χ1n) is 6.47. The molecule has 0 amide bonds. The summed E-state index contributed by atoms with van der Waals surface area (Å²) in [7, 11) is 0. The van der Waals surface area contributed by atoms with E-state index in [0.29, 0.717) is 5.76 Å². The van der Waals surface area contributed by atoms with E-state index in [0.717, 1.165) is 31.4 Å². The zero-order valence-corrected chi connectivity index (χ0v) is 10.2. The molecule has 0 N–H and O–H groups in total. The zero-order valence-electron chi connectivity index (χ0n) is 10.2. The van der Waals surface area contributed by atoms with E-state index in [-0.39, 0.29) is 5.97 Å². The van der Waals surface area contributed by atoms with Crippen LogP contribution in [0.1, 0.15) is 32.1 Å². The summed E-state index contributed by atoms with van der Waals surface area (Å²) < 4.78 is 11.4. The molecule has 1 aromatic rings. The van der Waals surface area contributed by atoms with Crippen molar-refractivity contribution in [1.29, 1.82) is 0 Å². The molecule has 1 heterocycles. The van der Waals surface area contributed by atoms with Gasteiger partial charge in [0.25, 0.3) is 0 Å². The molecule has 0 saturated heterocycles. The lowest BCUT2D eigenvalue weighted by Crippen LogP contribution is -2.36. The third kappa shape index (κ3) is 2.01. The third-order valence-corrected chi connectivity index (χ3v) is 3.63. The maximum Gasteiger partial charge on any atom is 0.335 e. The molecule has 0 unspecified atom stereocenters. The Bertz CT molecular complexity index is 470. The molecule has 1 aromatic carbocycles. The molecule has 3 rings (SSSR count). The summed E-state index contributed by atoms with van der Waals surface area (Å²) in [6, 6.07) is 9.55. The quantitative estimate of drug-likeness (QED) is 0.749. The monoisotopic (exact) mass is 244 g/mol. The first-order valence-corrected chi connectivity index (χ1v) is 6.47. The molecule has 3 heteroatoms.